The lowest BCUT2D eigenvalue weighted by Crippen LogP contribution is -2.27. The Hall–Kier alpha value is -1.62. The molecule has 0 unspecified atom stereocenters. The monoisotopic (exact) mass is 206 g/mol. The van der Waals surface area contributed by atoms with Crippen LogP contribution >= 0.6 is 0 Å². The Labute approximate surface area is 88.0 Å². The van der Waals surface area contributed by atoms with Crippen LogP contribution < -0.4 is 4.90 Å². The molecule has 0 radical (unpaired) electrons. The van der Waals surface area contributed by atoms with Gasteiger partial charge in [0.15, 0.2) is 5.82 Å². The Bertz CT molecular complexity index is 440. The van der Waals surface area contributed by atoms with Crippen LogP contribution in [0.25, 0.3) is 5.52 Å². The summed E-state index contributed by atoms with van der Waals surface area (Å²) in [5, 5.41) is 13.1. The number of hydrogen-bond acceptors (Lipinski definition) is 4. The van der Waals surface area contributed by atoms with Crippen molar-refractivity contribution in [1.82, 2.24) is 14.6 Å². The van der Waals surface area contributed by atoms with Crippen LogP contribution in [0.5, 0.6) is 0 Å². The van der Waals surface area contributed by atoms with Crippen molar-refractivity contribution in [3.63, 3.8) is 0 Å². The van der Waals surface area contributed by atoms with E-state index in [0.717, 1.165) is 17.9 Å². The quantitative estimate of drug-likeness (QED) is 0.793. The molecule has 2 rings (SSSR count). The van der Waals surface area contributed by atoms with E-state index in [4.69, 9.17) is 5.11 Å². The molecule has 2 heterocycles. The molecule has 80 valence electrons. The van der Waals surface area contributed by atoms with Crippen LogP contribution in [-0.4, -0.2) is 39.4 Å². The van der Waals surface area contributed by atoms with Crippen molar-refractivity contribution in [2.24, 2.45) is 0 Å². The number of aromatic nitrogens is 3. The molecule has 2 aromatic rings. The summed E-state index contributed by atoms with van der Waals surface area (Å²) in [7, 11) is 0. The van der Waals surface area contributed by atoms with Crippen LogP contribution in [0.3, 0.4) is 0 Å². The smallest absolute Gasteiger partial charge is 0.154 e. The second-order valence-corrected chi connectivity index (χ2v) is 3.22. The molecule has 0 amide bonds. The minimum atomic E-state index is 0.130. The summed E-state index contributed by atoms with van der Waals surface area (Å²) < 4.78 is 1.78. The van der Waals surface area contributed by atoms with Gasteiger partial charge in [0.2, 0.25) is 0 Å². The molecule has 0 atom stereocenters. The number of fused-ring (bicyclic) bond motifs is 1. The van der Waals surface area contributed by atoms with Crippen molar-refractivity contribution in [2.45, 2.75) is 6.92 Å². The van der Waals surface area contributed by atoms with E-state index in [-0.39, 0.29) is 6.61 Å². The van der Waals surface area contributed by atoms with Crippen LogP contribution in [-0.2, 0) is 0 Å². The predicted molar refractivity (Wildman–Crippen MR) is 58.0 cm³/mol. The molecule has 0 bridgehead atoms. The Morgan fingerprint density at radius 2 is 2.33 bits per heavy atom. The zero-order valence-corrected chi connectivity index (χ0v) is 8.67. The lowest BCUT2D eigenvalue weighted by molar-refractivity contribution is 0.302. The number of anilines is 1. The molecule has 0 saturated carbocycles. The molecule has 0 aliphatic carbocycles. The fourth-order valence-electron chi connectivity index (χ4n) is 1.62. The standard InChI is InChI=1S/C10H14N4O/c1-2-13(7-8-15)10-9-3-4-12-14(9)6-5-11-10/h3-6,15H,2,7-8H2,1H3. The molecule has 0 aliphatic rings. The maximum atomic E-state index is 8.96. The van der Waals surface area contributed by atoms with E-state index in [0.29, 0.717) is 6.54 Å². The molecule has 5 nitrogen and oxygen atoms in total. The largest absolute Gasteiger partial charge is 0.395 e. The first-order valence-electron chi connectivity index (χ1n) is 5.01. The summed E-state index contributed by atoms with van der Waals surface area (Å²) in [5.74, 6) is 0.867. The van der Waals surface area contributed by atoms with Crippen molar-refractivity contribution in [1.29, 1.82) is 0 Å². The predicted octanol–water partition coefficient (Wildman–Crippen LogP) is 0.548. The number of aliphatic hydroxyl groups excluding tert-OH is 1. The van der Waals surface area contributed by atoms with Crippen molar-refractivity contribution >= 4 is 11.3 Å². The second-order valence-electron chi connectivity index (χ2n) is 3.22. The fourth-order valence-corrected chi connectivity index (χ4v) is 1.62. The molecular weight excluding hydrogens is 192 g/mol. The molecular formula is C10H14N4O. The third kappa shape index (κ3) is 1.78. The van der Waals surface area contributed by atoms with Crippen molar-refractivity contribution < 1.29 is 5.11 Å². The van der Waals surface area contributed by atoms with Gasteiger partial charge < -0.3 is 10.0 Å². The number of aliphatic hydroxyl groups is 1. The maximum absolute atomic E-state index is 8.96. The van der Waals surface area contributed by atoms with Gasteiger partial charge in [-0.3, -0.25) is 0 Å². The Balaban J connectivity index is 2.44. The van der Waals surface area contributed by atoms with Crippen LogP contribution in [0.15, 0.2) is 24.7 Å². The molecule has 5 heteroatoms. The highest BCUT2D eigenvalue weighted by Gasteiger charge is 2.09. The van der Waals surface area contributed by atoms with Crippen LogP contribution in [0.1, 0.15) is 6.92 Å². The summed E-state index contributed by atoms with van der Waals surface area (Å²) in [6.07, 6.45) is 5.27. The minimum Gasteiger partial charge on any atom is -0.395 e. The van der Waals surface area contributed by atoms with Gasteiger partial charge in [-0.05, 0) is 13.0 Å². The third-order valence-electron chi connectivity index (χ3n) is 2.36. The van der Waals surface area contributed by atoms with E-state index in [1.807, 2.05) is 24.1 Å². The van der Waals surface area contributed by atoms with Gasteiger partial charge in [-0.15, -0.1) is 0 Å². The van der Waals surface area contributed by atoms with Gasteiger partial charge in [0.25, 0.3) is 0 Å². The van der Waals surface area contributed by atoms with E-state index in [9.17, 15) is 0 Å². The molecule has 2 aromatic heterocycles. The van der Waals surface area contributed by atoms with Gasteiger partial charge in [-0.25, -0.2) is 9.50 Å². The van der Waals surface area contributed by atoms with E-state index >= 15 is 0 Å². The van der Waals surface area contributed by atoms with Gasteiger partial charge in [0.1, 0.15) is 5.52 Å². The van der Waals surface area contributed by atoms with Crippen LogP contribution in [0.2, 0.25) is 0 Å². The van der Waals surface area contributed by atoms with E-state index in [1.54, 1.807) is 16.9 Å². The van der Waals surface area contributed by atoms with Gasteiger partial charge in [0, 0.05) is 25.5 Å². The average molecular weight is 206 g/mol. The molecule has 0 spiro atoms. The summed E-state index contributed by atoms with van der Waals surface area (Å²) >= 11 is 0. The highest BCUT2D eigenvalue weighted by atomic mass is 16.3. The minimum absolute atomic E-state index is 0.130. The second kappa shape index (κ2) is 4.27. The van der Waals surface area contributed by atoms with Crippen molar-refractivity contribution in [2.75, 3.05) is 24.6 Å². The molecule has 0 aliphatic heterocycles. The van der Waals surface area contributed by atoms with Crippen molar-refractivity contribution in [3.05, 3.63) is 24.7 Å². The lowest BCUT2D eigenvalue weighted by atomic mass is 10.4. The van der Waals surface area contributed by atoms with Gasteiger partial charge in [0.05, 0.1) is 12.8 Å². The van der Waals surface area contributed by atoms with E-state index < -0.39 is 0 Å². The summed E-state index contributed by atoms with van der Waals surface area (Å²) in [6.45, 7) is 3.58. The summed E-state index contributed by atoms with van der Waals surface area (Å²) in [5.41, 5.74) is 0.966. The van der Waals surface area contributed by atoms with Crippen LogP contribution in [0, 0.1) is 0 Å². The first-order chi connectivity index (χ1) is 7.36. The Morgan fingerprint density at radius 3 is 3.07 bits per heavy atom. The zero-order valence-electron chi connectivity index (χ0n) is 8.67. The molecule has 0 fully saturated rings. The van der Waals surface area contributed by atoms with Crippen molar-refractivity contribution in [3.8, 4) is 0 Å². The molecule has 15 heavy (non-hydrogen) atoms. The molecule has 1 N–H and O–H groups in total. The highest BCUT2D eigenvalue weighted by Crippen LogP contribution is 2.16. The van der Waals surface area contributed by atoms with E-state index in [2.05, 4.69) is 10.1 Å². The average Bonchev–Trinajstić information content (AvgIpc) is 2.73. The lowest BCUT2D eigenvalue weighted by Gasteiger charge is -2.21. The molecule has 0 aromatic carbocycles. The SMILES string of the molecule is CCN(CCO)c1nccn2nccc12. The summed E-state index contributed by atoms with van der Waals surface area (Å²) in [6, 6.07) is 1.92. The Kier molecular flexibility index (Phi) is 2.82. The normalized spacial score (nSPS) is 10.8. The Morgan fingerprint density at radius 1 is 1.47 bits per heavy atom. The van der Waals surface area contributed by atoms with Crippen LogP contribution in [0.4, 0.5) is 5.82 Å². The van der Waals surface area contributed by atoms with Gasteiger partial charge >= 0.3 is 0 Å². The van der Waals surface area contributed by atoms with Gasteiger partial charge in [-0.1, -0.05) is 0 Å². The fraction of sp³-hybridized carbons (Fsp3) is 0.400. The number of nitrogens with zero attached hydrogens (tertiary/aromatic N) is 4. The van der Waals surface area contributed by atoms with E-state index in [1.165, 1.54) is 0 Å². The topological polar surface area (TPSA) is 53.7 Å². The highest BCUT2D eigenvalue weighted by molar-refractivity contribution is 5.68. The number of likely N-dealkylation sites (N-methyl/N-ethyl adjacent to an activating group) is 1. The third-order valence-corrected chi connectivity index (χ3v) is 2.36. The number of hydrogen-bond donors (Lipinski definition) is 1. The first-order valence-corrected chi connectivity index (χ1v) is 5.01. The first kappa shape index (κ1) is 9.92. The number of rotatable bonds is 4. The zero-order chi connectivity index (χ0) is 10.7. The summed E-state index contributed by atoms with van der Waals surface area (Å²) in [4.78, 5) is 6.35. The molecule has 0 saturated heterocycles. The van der Waals surface area contributed by atoms with Gasteiger partial charge in [-0.2, -0.15) is 5.10 Å². The maximum Gasteiger partial charge on any atom is 0.154 e.